The molecule has 7 heteroatoms. The van der Waals surface area contributed by atoms with Gasteiger partial charge in [-0.05, 0) is 25.3 Å². The Kier molecular flexibility index (Phi) is 5.39. The number of methoxy groups -OCH3 is 1. The summed E-state index contributed by atoms with van der Waals surface area (Å²) in [5.74, 6) is -0.328. The fourth-order valence-electron chi connectivity index (χ4n) is 2.41. The Morgan fingerprint density at radius 3 is 2.82 bits per heavy atom. The first-order chi connectivity index (χ1) is 10.5. The van der Waals surface area contributed by atoms with Crippen LogP contribution in [0, 0.1) is 6.92 Å². The molecule has 0 aliphatic heterocycles. The topological polar surface area (TPSA) is 67.4 Å². The molecule has 0 aliphatic carbocycles. The number of hydrogen-bond acceptors (Lipinski definition) is 4. The number of nitrogens with zero attached hydrogens (tertiary/aromatic N) is 2. The lowest BCUT2D eigenvalue weighted by molar-refractivity contribution is -0.0761. The van der Waals surface area contributed by atoms with E-state index < -0.39 is 0 Å². The molecule has 2 rings (SSSR count). The lowest BCUT2D eigenvalue weighted by Gasteiger charge is -2.16. The van der Waals surface area contributed by atoms with Gasteiger partial charge in [0.25, 0.3) is 5.91 Å². The highest BCUT2D eigenvalue weighted by molar-refractivity contribution is 6.34. The van der Waals surface area contributed by atoms with E-state index >= 15 is 0 Å². The molecule has 0 spiro atoms. The summed E-state index contributed by atoms with van der Waals surface area (Å²) in [4.78, 5) is 25.0. The summed E-state index contributed by atoms with van der Waals surface area (Å²) in [6.07, 6.45) is 3.31. The number of aromatic nitrogens is 2. The fraction of sp³-hybridized carbons (Fsp3) is 0.467. The Labute approximate surface area is 134 Å². The molecule has 0 aromatic carbocycles. The third-order valence-electron chi connectivity index (χ3n) is 3.62. The highest BCUT2D eigenvalue weighted by Gasteiger charge is 2.23. The van der Waals surface area contributed by atoms with Crippen LogP contribution in [0.25, 0.3) is 10.9 Å². The van der Waals surface area contributed by atoms with Crippen LogP contribution in [0.3, 0.4) is 0 Å². The van der Waals surface area contributed by atoms with Gasteiger partial charge in [-0.25, -0.2) is 10.0 Å². The number of rotatable bonds is 6. The van der Waals surface area contributed by atoms with E-state index in [4.69, 9.17) is 21.2 Å². The van der Waals surface area contributed by atoms with Crippen LogP contribution >= 0.6 is 11.6 Å². The van der Waals surface area contributed by atoms with Gasteiger partial charge in [0.15, 0.2) is 0 Å². The number of H-pyrrole nitrogens is 1. The fourth-order valence-corrected chi connectivity index (χ4v) is 2.74. The molecule has 0 saturated carbocycles. The van der Waals surface area contributed by atoms with E-state index in [-0.39, 0.29) is 5.91 Å². The predicted octanol–water partition coefficient (Wildman–Crippen LogP) is 2.74. The van der Waals surface area contributed by atoms with Gasteiger partial charge in [-0.3, -0.25) is 9.63 Å². The van der Waals surface area contributed by atoms with Gasteiger partial charge in [0.05, 0.1) is 12.6 Å². The van der Waals surface area contributed by atoms with Crippen molar-refractivity contribution in [2.75, 3.05) is 27.9 Å². The van der Waals surface area contributed by atoms with Crippen molar-refractivity contribution >= 4 is 28.4 Å². The normalized spacial score (nSPS) is 11.1. The molecule has 0 saturated heterocycles. The number of aromatic amines is 1. The molecule has 2 aromatic heterocycles. The zero-order valence-corrected chi connectivity index (χ0v) is 14.0. The number of halogens is 1. The van der Waals surface area contributed by atoms with E-state index in [2.05, 4.69) is 9.97 Å². The SMILES string of the molecule is COCCCc1c(C(=O)N(C)OC)nc(Cl)c2c(C)c[nH]c12. The summed E-state index contributed by atoms with van der Waals surface area (Å²) in [7, 11) is 4.63. The van der Waals surface area contributed by atoms with Crippen molar-refractivity contribution in [2.24, 2.45) is 0 Å². The minimum atomic E-state index is -0.328. The number of pyridine rings is 1. The van der Waals surface area contributed by atoms with Crippen LogP contribution in [0.5, 0.6) is 0 Å². The standard InChI is InChI=1S/C15H20ClN3O3/c1-9-8-17-12-10(6-5-7-21-3)13(15(20)19(2)22-4)18-14(16)11(9)12/h8,17H,5-7H2,1-4H3. The molecule has 0 atom stereocenters. The number of amides is 1. The van der Waals surface area contributed by atoms with Crippen LogP contribution in [0.1, 0.15) is 28.0 Å². The van der Waals surface area contributed by atoms with Gasteiger partial charge in [-0.15, -0.1) is 0 Å². The van der Waals surface area contributed by atoms with Crippen molar-refractivity contribution in [1.29, 1.82) is 0 Å². The summed E-state index contributed by atoms with van der Waals surface area (Å²) in [5, 5.41) is 2.31. The highest BCUT2D eigenvalue weighted by Crippen LogP contribution is 2.30. The van der Waals surface area contributed by atoms with E-state index in [0.29, 0.717) is 23.9 Å². The van der Waals surface area contributed by atoms with Crippen LogP contribution in [-0.2, 0) is 16.0 Å². The zero-order valence-electron chi connectivity index (χ0n) is 13.2. The Hall–Kier alpha value is -1.63. The number of hydrogen-bond donors (Lipinski definition) is 1. The molecule has 2 heterocycles. The highest BCUT2D eigenvalue weighted by atomic mass is 35.5. The van der Waals surface area contributed by atoms with Crippen LogP contribution in [-0.4, -0.2) is 48.8 Å². The van der Waals surface area contributed by atoms with Crippen molar-refractivity contribution in [3.8, 4) is 0 Å². The first kappa shape index (κ1) is 16.7. The summed E-state index contributed by atoms with van der Waals surface area (Å²) < 4.78 is 5.10. The minimum absolute atomic E-state index is 0.305. The van der Waals surface area contributed by atoms with Crippen molar-refractivity contribution in [1.82, 2.24) is 15.0 Å². The lowest BCUT2D eigenvalue weighted by atomic mass is 10.0. The second-order valence-corrected chi connectivity index (χ2v) is 5.39. The summed E-state index contributed by atoms with van der Waals surface area (Å²) in [6, 6.07) is 0. The number of aryl methyl sites for hydroxylation is 2. The first-order valence-corrected chi connectivity index (χ1v) is 7.36. The molecule has 1 amide bonds. The van der Waals surface area contributed by atoms with Crippen molar-refractivity contribution in [2.45, 2.75) is 19.8 Å². The maximum absolute atomic E-state index is 12.5. The Bertz CT molecular complexity index is 684. The number of fused-ring (bicyclic) bond motifs is 1. The zero-order chi connectivity index (χ0) is 16.3. The molecule has 0 aliphatic rings. The van der Waals surface area contributed by atoms with Crippen LogP contribution in [0.2, 0.25) is 5.15 Å². The van der Waals surface area contributed by atoms with E-state index in [1.807, 2.05) is 13.1 Å². The Morgan fingerprint density at radius 2 is 2.18 bits per heavy atom. The number of carbonyl (C=O) groups excluding carboxylic acids is 1. The second kappa shape index (κ2) is 7.09. The molecule has 0 unspecified atom stereocenters. The minimum Gasteiger partial charge on any atom is -0.385 e. The summed E-state index contributed by atoms with van der Waals surface area (Å²) in [6.45, 7) is 2.56. The van der Waals surface area contributed by atoms with E-state index in [9.17, 15) is 4.79 Å². The van der Waals surface area contributed by atoms with E-state index in [1.54, 1.807) is 14.2 Å². The Morgan fingerprint density at radius 1 is 1.45 bits per heavy atom. The van der Waals surface area contributed by atoms with Crippen molar-refractivity contribution in [3.05, 3.63) is 28.2 Å². The Balaban J connectivity index is 2.57. The van der Waals surface area contributed by atoms with Crippen LogP contribution in [0.4, 0.5) is 0 Å². The van der Waals surface area contributed by atoms with Crippen LogP contribution in [0.15, 0.2) is 6.20 Å². The van der Waals surface area contributed by atoms with Crippen molar-refractivity contribution < 1.29 is 14.4 Å². The molecule has 0 fully saturated rings. The number of ether oxygens (including phenoxy) is 1. The molecule has 0 radical (unpaired) electrons. The quantitative estimate of drug-likeness (QED) is 0.504. The average Bonchev–Trinajstić information content (AvgIpc) is 2.90. The van der Waals surface area contributed by atoms with Gasteiger partial charge < -0.3 is 9.72 Å². The summed E-state index contributed by atoms with van der Waals surface area (Å²) >= 11 is 6.27. The maximum Gasteiger partial charge on any atom is 0.296 e. The molecular weight excluding hydrogens is 306 g/mol. The lowest BCUT2D eigenvalue weighted by Crippen LogP contribution is -2.27. The van der Waals surface area contributed by atoms with Gasteiger partial charge in [0, 0.05) is 37.9 Å². The third-order valence-corrected chi connectivity index (χ3v) is 3.89. The van der Waals surface area contributed by atoms with Crippen LogP contribution < -0.4 is 0 Å². The predicted molar refractivity (Wildman–Crippen MR) is 85.1 cm³/mol. The van der Waals surface area contributed by atoms with E-state index in [0.717, 1.165) is 33.5 Å². The van der Waals surface area contributed by atoms with Gasteiger partial charge in [0.1, 0.15) is 10.8 Å². The third kappa shape index (κ3) is 3.09. The molecule has 2 aromatic rings. The van der Waals surface area contributed by atoms with Gasteiger partial charge in [-0.1, -0.05) is 11.6 Å². The monoisotopic (exact) mass is 325 g/mol. The summed E-state index contributed by atoms with van der Waals surface area (Å²) in [5.41, 5.74) is 2.99. The van der Waals surface area contributed by atoms with Crippen molar-refractivity contribution in [3.63, 3.8) is 0 Å². The second-order valence-electron chi connectivity index (χ2n) is 5.03. The number of carbonyl (C=O) groups is 1. The largest absolute Gasteiger partial charge is 0.385 e. The van der Waals surface area contributed by atoms with E-state index in [1.165, 1.54) is 7.11 Å². The maximum atomic E-state index is 12.5. The number of hydroxylamine groups is 2. The average molecular weight is 326 g/mol. The first-order valence-electron chi connectivity index (χ1n) is 6.98. The molecule has 22 heavy (non-hydrogen) atoms. The molecule has 1 N–H and O–H groups in total. The van der Waals surface area contributed by atoms with Gasteiger partial charge >= 0.3 is 0 Å². The van der Waals surface area contributed by atoms with Gasteiger partial charge in [0.2, 0.25) is 0 Å². The molecule has 120 valence electrons. The molecular formula is C15H20ClN3O3. The smallest absolute Gasteiger partial charge is 0.296 e. The molecule has 0 bridgehead atoms. The molecule has 6 nitrogen and oxygen atoms in total. The number of nitrogens with one attached hydrogen (secondary N) is 1. The van der Waals surface area contributed by atoms with Gasteiger partial charge in [-0.2, -0.15) is 0 Å².